The highest BCUT2D eigenvalue weighted by atomic mass is 16.5. The van der Waals surface area contributed by atoms with Crippen LogP contribution in [0.1, 0.15) is 26.2 Å². The van der Waals surface area contributed by atoms with E-state index in [9.17, 15) is 4.79 Å². The van der Waals surface area contributed by atoms with Crippen molar-refractivity contribution in [3.8, 4) is 0 Å². The first kappa shape index (κ1) is 12.5. The molecule has 2 atom stereocenters. The van der Waals surface area contributed by atoms with Crippen molar-refractivity contribution in [2.24, 2.45) is 5.92 Å². The van der Waals surface area contributed by atoms with E-state index < -0.39 is 0 Å². The van der Waals surface area contributed by atoms with Crippen LogP contribution in [0.2, 0.25) is 0 Å². The lowest BCUT2D eigenvalue weighted by molar-refractivity contribution is -0.141. The minimum Gasteiger partial charge on any atom is -0.469 e. The molecule has 0 bridgehead atoms. The average molecular weight is 215 g/mol. The molecule has 1 fully saturated rings. The van der Waals surface area contributed by atoms with Crippen LogP contribution in [-0.2, 0) is 14.3 Å². The molecule has 0 amide bonds. The largest absolute Gasteiger partial charge is 0.469 e. The predicted molar refractivity (Wildman–Crippen MR) is 57.6 cm³/mol. The number of hydrogen-bond acceptors (Lipinski definition) is 4. The molecule has 2 unspecified atom stereocenters. The van der Waals surface area contributed by atoms with Gasteiger partial charge in [0.2, 0.25) is 0 Å². The maximum absolute atomic E-state index is 11.0. The first-order chi connectivity index (χ1) is 7.22. The van der Waals surface area contributed by atoms with Crippen LogP contribution in [0.5, 0.6) is 0 Å². The van der Waals surface area contributed by atoms with Crippen LogP contribution < -0.4 is 5.32 Å². The number of rotatable bonds is 6. The average Bonchev–Trinajstić information content (AvgIpc) is 2.70. The molecule has 0 aromatic heterocycles. The third-order valence-electron chi connectivity index (χ3n) is 2.77. The minimum absolute atomic E-state index is 0.154. The molecule has 1 saturated heterocycles. The summed E-state index contributed by atoms with van der Waals surface area (Å²) in [4.78, 5) is 11.0. The molecule has 15 heavy (non-hydrogen) atoms. The summed E-state index contributed by atoms with van der Waals surface area (Å²) in [6.45, 7) is 4.75. The lowest BCUT2D eigenvalue weighted by atomic mass is 10.1. The second kappa shape index (κ2) is 6.80. The first-order valence-corrected chi connectivity index (χ1v) is 5.60. The van der Waals surface area contributed by atoms with Gasteiger partial charge >= 0.3 is 5.97 Å². The number of methoxy groups -OCH3 is 1. The number of carbonyl (C=O) groups is 1. The zero-order chi connectivity index (χ0) is 11.1. The quantitative estimate of drug-likeness (QED) is 0.670. The Labute approximate surface area is 91.3 Å². The van der Waals surface area contributed by atoms with Crippen LogP contribution in [0, 0.1) is 5.92 Å². The molecule has 0 aliphatic carbocycles. The van der Waals surface area contributed by atoms with Gasteiger partial charge in [-0.05, 0) is 32.2 Å². The molecule has 0 spiro atoms. The monoisotopic (exact) mass is 215 g/mol. The van der Waals surface area contributed by atoms with E-state index >= 15 is 0 Å². The number of ether oxygens (including phenoxy) is 2. The van der Waals surface area contributed by atoms with Gasteiger partial charge in [0.25, 0.3) is 0 Å². The summed E-state index contributed by atoms with van der Waals surface area (Å²) in [6, 6.07) is 0.194. The predicted octanol–water partition coefficient (Wildman–Crippen LogP) is 0.954. The van der Waals surface area contributed by atoms with Gasteiger partial charge < -0.3 is 14.8 Å². The molecule has 1 heterocycles. The van der Waals surface area contributed by atoms with E-state index in [-0.39, 0.29) is 12.0 Å². The molecule has 0 radical (unpaired) electrons. The van der Waals surface area contributed by atoms with Crippen molar-refractivity contribution in [3.05, 3.63) is 0 Å². The summed E-state index contributed by atoms with van der Waals surface area (Å²) in [5, 5.41) is 3.32. The molecule has 4 nitrogen and oxygen atoms in total. The van der Waals surface area contributed by atoms with E-state index in [0.717, 1.165) is 26.2 Å². The van der Waals surface area contributed by atoms with Crippen molar-refractivity contribution in [1.82, 2.24) is 5.32 Å². The molecular formula is C11H21NO3. The Balaban J connectivity index is 2.00. The van der Waals surface area contributed by atoms with Crippen molar-refractivity contribution in [2.45, 2.75) is 32.2 Å². The van der Waals surface area contributed by atoms with Crippen LogP contribution in [0.3, 0.4) is 0 Å². The lowest BCUT2D eigenvalue weighted by Crippen LogP contribution is -2.30. The van der Waals surface area contributed by atoms with E-state index in [1.807, 2.05) is 6.92 Å². The number of hydrogen-bond donors (Lipinski definition) is 1. The van der Waals surface area contributed by atoms with Crippen molar-refractivity contribution in [3.63, 3.8) is 0 Å². The Morgan fingerprint density at radius 1 is 1.67 bits per heavy atom. The molecule has 0 aromatic carbocycles. The Kier molecular flexibility index (Phi) is 5.65. The standard InChI is InChI=1S/C11H21NO3/c1-9(7-11(13)14-2)12-5-3-10-4-6-15-8-10/h9-10,12H,3-8H2,1-2H3. The third kappa shape index (κ3) is 5.14. The fourth-order valence-electron chi connectivity index (χ4n) is 1.75. The van der Waals surface area contributed by atoms with Gasteiger partial charge in [-0.15, -0.1) is 0 Å². The Morgan fingerprint density at radius 2 is 2.47 bits per heavy atom. The summed E-state index contributed by atoms with van der Waals surface area (Å²) >= 11 is 0. The Hall–Kier alpha value is -0.610. The molecule has 4 heteroatoms. The number of nitrogens with one attached hydrogen (secondary N) is 1. The highest BCUT2D eigenvalue weighted by molar-refractivity contribution is 5.69. The summed E-state index contributed by atoms with van der Waals surface area (Å²) in [5.41, 5.74) is 0. The Morgan fingerprint density at radius 3 is 3.07 bits per heavy atom. The van der Waals surface area contributed by atoms with Crippen LogP contribution in [0.4, 0.5) is 0 Å². The molecule has 1 rings (SSSR count). The van der Waals surface area contributed by atoms with Crippen LogP contribution in [-0.4, -0.2) is 38.9 Å². The molecule has 1 aliphatic heterocycles. The number of esters is 1. The third-order valence-corrected chi connectivity index (χ3v) is 2.77. The van der Waals surface area contributed by atoms with E-state index in [1.54, 1.807) is 0 Å². The van der Waals surface area contributed by atoms with Crippen LogP contribution in [0.15, 0.2) is 0 Å². The van der Waals surface area contributed by atoms with Crippen molar-refractivity contribution < 1.29 is 14.3 Å². The zero-order valence-corrected chi connectivity index (χ0v) is 9.62. The van der Waals surface area contributed by atoms with E-state index in [0.29, 0.717) is 12.3 Å². The summed E-state index contributed by atoms with van der Waals surface area (Å²) < 4.78 is 9.90. The Bertz CT molecular complexity index is 190. The van der Waals surface area contributed by atoms with Gasteiger partial charge in [0.15, 0.2) is 0 Å². The lowest BCUT2D eigenvalue weighted by Gasteiger charge is -2.14. The van der Waals surface area contributed by atoms with Crippen molar-refractivity contribution in [2.75, 3.05) is 26.9 Å². The maximum Gasteiger partial charge on any atom is 0.307 e. The van der Waals surface area contributed by atoms with Gasteiger partial charge in [0.1, 0.15) is 0 Å². The van der Waals surface area contributed by atoms with Gasteiger partial charge in [0.05, 0.1) is 13.5 Å². The molecular weight excluding hydrogens is 194 g/mol. The van der Waals surface area contributed by atoms with Gasteiger partial charge in [-0.1, -0.05) is 0 Å². The van der Waals surface area contributed by atoms with E-state index in [1.165, 1.54) is 13.5 Å². The smallest absolute Gasteiger partial charge is 0.307 e. The highest BCUT2D eigenvalue weighted by Gasteiger charge is 2.15. The fraction of sp³-hybridized carbons (Fsp3) is 0.909. The summed E-state index contributed by atoms with van der Waals surface area (Å²) in [5.74, 6) is 0.544. The molecule has 1 N–H and O–H groups in total. The summed E-state index contributed by atoms with van der Waals surface area (Å²) in [7, 11) is 1.42. The molecule has 1 aliphatic rings. The maximum atomic E-state index is 11.0. The summed E-state index contributed by atoms with van der Waals surface area (Å²) in [6.07, 6.45) is 2.75. The van der Waals surface area contributed by atoms with Gasteiger partial charge in [-0.3, -0.25) is 4.79 Å². The van der Waals surface area contributed by atoms with Crippen molar-refractivity contribution >= 4 is 5.97 Å². The van der Waals surface area contributed by atoms with Crippen LogP contribution in [0.25, 0.3) is 0 Å². The normalized spacial score (nSPS) is 22.7. The topological polar surface area (TPSA) is 47.6 Å². The van der Waals surface area contributed by atoms with E-state index in [4.69, 9.17) is 4.74 Å². The number of carbonyl (C=O) groups excluding carboxylic acids is 1. The minimum atomic E-state index is -0.154. The van der Waals surface area contributed by atoms with Crippen molar-refractivity contribution in [1.29, 1.82) is 0 Å². The SMILES string of the molecule is COC(=O)CC(C)NCCC1CCOC1. The second-order valence-electron chi connectivity index (χ2n) is 4.15. The van der Waals surface area contributed by atoms with E-state index in [2.05, 4.69) is 10.1 Å². The van der Waals surface area contributed by atoms with Gasteiger partial charge in [-0.25, -0.2) is 0 Å². The zero-order valence-electron chi connectivity index (χ0n) is 9.62. The highest BCUT2D eigenvalue weighted by Crippen LogP contribution is 2.15. The molecule has 88 valence electrons. The second-order valence-corrected chi connectivity index (χ2v) is 4.15. The van der Waals surface area contributed by atoms with Crippen LogP contribution >= 0.6 is 0 Å². The van der Waals surface area contributed by atoms with Gasteiger partial charge in [0, 0.05) is 19.3 Å². The van der Waals surface area contributed by atoms with Gasteiger partial charge in [-0.2, -0.15) is 0 Å². The first-order valence-electron chi connectivity index (χ1n) is 5.60. The molecule has 0 aromatic rings. The fourth-order valence-corrected chi connectivity index (χ4v) is 1.75. The molecule has 0 saturated carbocycles.